The SMILES string of the molecule is CC(CCO)Sc1ccc([C@@H](C)N)nc1. The Bertz CT molecular complexity index is 287. The molecule has 2 atom stereocenters. The van der Waals surface area contributed by atoms with Gasteiger partial charge < -0.3 is 10.8 Å². The third-order valence-electron chi connectivity index (χ3n) is 2.10. The number of nitrogens with zero attached hydrogens (tertiary/aromatic N) is 1. The second-order valence-electron chi connectivity index (χ2n) is 3.65. The minimum absolute atomic E-state index is 0.0149. The lowest BCUT2D eigenvalue weighted by molar-refractivity contribution is 0.289. The van der Waals surface area contributed by atoms with E-state index in [0.29, 0.717) is 5.25 Å². The van der Waals surface area contributed by atoms with Crippen molar-refractivity contribution in [1.29, 1.82) is 0 Å². The molecule has 0 aromatic carbocycles. The third kappa shape index (κ3) is 4.20. The molecule has 0 spiro atoms. The van der Waals surface area contributed by atoms with E-state index < -0.39 is 0 Å². The van der Waals surface area contributed by atoms with Crippen molar-refractivity contribution in [2.75, 3.05) is 6.61 Å². The first kappa shape index (κ1) is 12.5. The maximum absolute atomic E-state index is 8.79. The molecular weight excluding hydrogens is 208 g/mol. The monoisotopic (exact) mass is 226 g/mol. The number of hydrogen-bond acceptors (Lipinski definition) is 4. The Hall–Kier alpha value is -0.580. The molecule has 3 nitrogen and oxygen atoms in total. The number of hydrogen-bond donors (Lipinski definition) is 2. The highest BCUT2D eigenvalue weighted by Gasteiger charge is 2.05. The fraction of sp³-hybridized carbons (Fsp3) is 0.545. The summed E-state index contributed by atoms with van der Waals surface area (Å²) in [6, 6.07) is 3.97. The minimum atomic E-state index is -0.0149. The quantitative estimate of drug-likeness (QED) is 0.754. The number of pyridine rings is 1. The molecule has 0 fully saturated rings. The summed E-state index contributed by atoms with van der Waals surface area (Å²) in [5.41, 5.74) is 6.62. The van der Waals surface area contributed by atoms with Crippen LogP contribution >= 0.6 is 11.8 Å². The van der Waals surface area contributed by atoms with Crippen molar-refractivity contribution in [1.82, 2.24) is 4.98 Å². The predicted molar refractivity (Wildman–Crippen MR) is 63.9 cm³/mol. The minimum Gasteiger partial charge on any atom is -0.396 e. The van der Waals surface area contributed by atoms with E-state index in [0.717, 1.165) is 17.0 Å². The Morgan fingerprint density at radius 1 is 1.47 bits per heavy atom. The summed E-state index contributed by atoms with van der Waals surface area (Å²) < 4.78 is 0. The van der Waals surface area contributed by atoms with E-state index in [9.17, 15) is 0 Å². The Morgan fingerprint density at radius 3 is 2.67 bits per heavy atom. The molecule has 1 aromatic rings. The molecule has 84 valence electrons. The second-order valence-corrected chi connectivity index (χ2v) is 5.16. The summed E-state index contributed by atoms with van der Waals surface area (Å²) in [6.07, 6.45) is 2.65. The average molecular weight is 226 g/mol. The number of aliphatic hydroxyl groups excluding tert-OH is 1. The lowest BCUT2D eigenvalue weighted by Gasteiger charge is -2.10. The fourth-order valence-electron chi connectivity index (χ4n) is 1.20. The smallest absolute Gasteiger partial charge is 0.0569 e. The van der Waals surface area contributed by atoms with Gasteiger partial charge >= 0.3 is 0 Å². The Kier molecular flexibility index (Phi) is 5.08. The van der Waals surface area contributed by atoms with Gasteiger partial charge in [-0.15, -0.1) is 11.8 Å². The van der Waals surface area contributed by atoms with E-state index in [1.165, 1.54) is 0 Å². The highest BCUT2D eigenvalue weighted by atomic mass is 32.2. The predicted octanol–water partition coefficient (Wildman–Crippen LogP) is 1.96. The molecule has 0 saturated heterocycles. The van der Waals surface area contributed by atoms with Crippen LogP contribution in [0.4, 0.5) is 0 Å². The van der Waals surface area contributed by atoms with Crippen molar-refractivity contribution >= 4 is 11.8 Å². The van der Waals surface area contributed by atoms with Gasteiger partial charge in [-0.2, -0.15) is 0 Å². The number of aliphatic hydroxyl groups is 1. The van der Waals surface area contributed by atoms with Crippen molar-refractivity contribution < 1.29 is 5.11 Å². The first-order valence-electron chi connectivity index (χ1n) is 5.12. The van der Waals surface area contributed by atoms with Crippen LogP contribution in [0.2, 0.25) is 0 Å². The molecule has 0 radical (unpaired) electrons. The van der Waals surface area contributed by atoms with Gasteiger partial charge in [-0.05, 0) is 25.5 Å². The van der Waals surface area contributed by atoms with Gasteiger partial charge in [0, 0.05) is 29.0 Å². The van der Waals surface area contributed by atoms with Crippen LogP contribution in [0.15, 0.2) is 23.2 Å². The van der Waals surface area contributed by atoms with Crippen LogP contribution in [0.1, 0.15) is 32.0 Å². The van der Waals surface area contributed by atoms with Crippen molar-refractivity contribution in [3.8, 4) is 0 Å². The normalized spacial score (nSPS) is 14.9. The first-order valence-corrected chi connectivity index (χ1v) is 6.00. The zero-order valence-corrected chi connectivity index (χ0v) is 10.00. The van der Waals surface area contributed by atoms with E-state index in [1.54, 1.807) is 11.8 Å². The summed E-state index contributed by atoms with van der Waals surface area (Å²) >= 11 is 1.73. The van der Waals surface area contributed by atoms with Crippen LogP contribution in [-0.4, -0.2) is 21.9 Å². The van der Waals surface area contributed by atoms with Gasteiger partial charge in [-0.25, -0.2) is 0 Å². The molecule has 4 heteroatoms. The fourth-order valence-corrected chi connectivity index (χ4v) is 2.15. The summed E-state index contributed by atoms with van der Waals surface area (Å²) in [7, 11) is 0. The van der Waals surface area contributed by atoms with E-state index in [1.807, 2.05) is 25.3 Å². The first-order chi connectivity index (χ1) is 7.13. The van der Waals surface area contributed by atoms with E-state index in [-0.39, 0.29) is 12.6 Å². The van der Waals surface area contributed by atoms with Crippen LogP contribution in [0.5, 0.6) is 0 Å². The lowest BCUT2D eigenvalue weighted by Crippen LogP contribution is -2.07. The van der Waals surface area contributed by atoms with Crippen LogP contribution in [-0.2, 0) is 0 Å². The van der Waals surface area contributed by atoms with Gasteiger partial charge in [0.15, 0.2) is 0 Å². The molecule has 3 N–H and O–H groups in total. The molecule has 0 aliphatic heterocycles. The van der Waals surface area contributed by atoms with Gasteiger partial charge in [-0.1, -0.05) is 6.92 Å². The van der Waals surface area contributed by atoms with E-state index >= 15 is 0 Å². The molecule has 0 bridgehead atoms. The number of nitrogens with two attached hydrogens (primary N) is 1. The topological polar surface area (TPSA) is 59.1 Å². The van der Waals surface area contributed by atoms with Crippen molar-refractivity contribution in [3.63, 3.8) is 0 Å². The summed E-state index contributed by atoms with van der Waals surface area (Å²) in [5, 5.41) is 9.20. The van der Waals surface area contributed by atoms with Gasteiger partial charge in [0.1, 0.15) is 0 Å². The van der Waals surface area contributed by atoms with Crippen molar-refractivity contribution in [2.24, 2.45) is 5.73 Å². The molecule has 15 heavy (non-hydrogen) atoms. The molecular formula is C11H18N2OS. The van der Waals surface area contributed by atoms with Gasteiger partial charge in [0.25, 0.3) is 0 Å². The van der Waals surface area contributed by atoms with E-state index in [4.69, 9.17) is 10.8 Å². The average Bonchev–Trinajstić information content (AvgIpc) is 2.18. The third-order valence-corrected chi connectivity index (χ3v) is 3.25. The van der Waals surface area contributed by atoms with Crippen molar-refractivity contribution in [2.45, 2.75) is 36.5 Å². The molecule has 0 saturated carbocycles. The van der Waals surface area contributed by atoms with Crippen LogP contribution in [0, 0.1) is 0 Å². The number of thioether (sulfide) groups is 1. The summed E-state index contributed by atoms with van der Waals surface area (Å²) in [5.74, 6) is 0. The van der Waals surface area contributed by atoms with Crippen LogP contribution < -0.4 is 5.73 Å². The highest BCUT2D eigenvalue weighted by molar-refractivity contribution is 7.99. The molecule has 0 amide bonds. The van der Waals surface area contributed by atoms with E-state index in [2.05, 4.69) is 11.9 Å². The Morgan fingerprint density at radius 2 is 2.20 bits per heavy atom. The molecule has 1 rings (SSSR count). The summed E-state index contributed by atoms with van der Waals surface area (Å²) in [4.78, 5) is 5.41. The summed E-state index contributed by atoms with van der Waals surface area (Å²) in [6.45, 7) is 4.25. The molecule has 0 aliphatic carbocycles. The molecule has 0 aliphatic rings. The van der Waals surface area contributed by atoms with Gasteiger partial charge in [-0.3, -0.25) is 4.98 Å². The van der Waals surface area contributed by atoms with Crippen molar-refractivity contribution in [3.05, 3.63) is 24.0 Å². The number of aromatic nitrogens is 1. The van der Waals surface area contributed by atoms with Gasteiger partial charge in [0.2, 0.25) is 0 Å². The number of rotatable bonds is 5. The maximum atomic E-state index is 8.79. The zero-order valence-electron chi connectivity index (χ0n) is 9.18. The molecule has 1 heterocycles. The van der Waals surface area contributed by atoms with Crippen LogP contribution in [0.25, 0.3) is 0 Å². The Labute approximate surface area is 95.1 Å². The lowest BCUT2D eigenvalue weighted by atomic mass is 10.2. The maximum Gasteiger partial charge on any atom is 0.0569 e. The van der Waals surface area contributed by atoms with Crippen LogP contribution in [0.3, 0.4) is 0 Å². The Balaban J connectivity index is 2.56. The second kappa shape index (κ2) is 6.10. The molecule has 1 unspecified atom stereocenters. The molecule has 1 aromatic heterocycles. The standard InChI is InChI=1S/C11H18N2OS/c1-8(5-6-14)15-10-3-4-11(9(2)12)13-7-10/h3-4,7-9,14H,5-6,12H2,1-2H3/t8?,9-/m1/s1. The van der Waals surface area contributed by atoms with Gasteiger partial charge in [0.05, 0.1) is 5.69 Å². The highest BCUT2D eigenvalue weighted by Crippen LogP contribution is 2.24. The zero-order chi connectivity index (χ0) is 11.3. The largest absolute Gasteiger partial charge is 0.396 e.